The molecule has 1 saturated heterocycles. The van der Waals surface area contributed by atoms with Crippen LogP contribution in [0.25, 0.3) is 0 Å². The van der Waals surface area contributed by atoms with Crippen molar-refractivity contribution in [1.82, 2.24) is 0 Å². The minimum absolute atomic E-state index is 0.00418. The van der Waals surface area contributed by atoms with Gasteiger partial charge in [0.1, 0.15) is 0 Å². The largest absolute Gasteiger partial charge is 0.409 e. The second-order valence-corrected chi connectivity index (χ2v) is 5.66. The van der Waals surface area contributed by atoms with Gasteiger partial charge in [-0.2, -0.15) is 0 Å². The number of ether oxygens (including phenoxy) is 1. The zero-order valence-electron chi connectivity index (χ0n) is 11.2. The molecule has 1 fully saturated rings. The highest BCUT2D eigenvalue weighted by molar-refractivity contribution is 9.10. The van der Waals surface area contributed by atoms with Gasteiger partial charge < -0.3 is 25.7 Å². The number of anilines is 1. The molecule has 0 spiro atoms. The van der Waals surface area contributed by atoms with Gasteiger partial charge in [0.2, 0.25) is 0 Å². The van der Waals surface area contributed by atoms with Gasteiger partial charge in [-0.25, -0.2) is 0 Å². The predicted octanol–water partition coefficient (Wildman–Crippen LogP) is 1.13. The van der Waals surface area contributed by atoms with Gasteiger partial charge in [0.05, 0.1) is 18.8 Å². The van der Waals surface area contributed by atoms with Crippen LogP contribution in [0.3, 0.4) is 0 Å². The van der Waals surface area contributed by atoms with E-state index in [1.54, 1.807) is 6.07 Å². The lowest BCUT2D eigenvalue weighted by Crippen LogP contribution is -2.48. The molecular weight excluding hydrogens is 326 g/mol. The van der Waals surface area contributed by atoms with Crippen LogP contribution in [0.4, 0.5) is 5.69 Å². The Morgan fingerprint density at radius 3 is 2.90 bits per heavy atom. The normalized spacial score (nSPS) is 23.9. The molecule has 2 unspecified atom stereocenters. The van der Waals surface area contributed by atoms with Crippen LogP contribution < -0.4 is 10.6 Å². The lowest BCUT2D eigenvalue weighted by Gasteiger charge is -2.37. The van der Waals surface area contributed by atoms with Crippen molar-refractivity contribution in [2.24, 2.45) is 10.9 Å². The summed E-state index contributed by atoms with van der Waals surface area (Å²) in [6.07, 6.45) is -0.121. The number of hydrogen-bond donors (Lipinski definition) is 3. The predicted molar refractivity (Wildman–Crippen MR) is 80.3 cm³/mol. The van der Waals surface area contributed by atoms with Crippen LogP contribution in [0.2, 0.25) is 0 Å². The Bertz CT molecular complexity index is 510. The Morgan fingerprint density at radius 1 is 1.55 bits per heavy atom. The van der Waals surface area contributed by atoms with Gasteiger partial charge >= 0.3 is 0 Å². The van der Waals surface area contributed by atoms with E-state index in [9.17, 15) is 5.11 Å². The zero-order valence-corrected chi connectivity index (χ0v) is 12.7. The molecule has 110 valence electrons. The quantitative estimate of drug-likeness (QED) is 0.331. The van der Waals surface area contributed by atoms with Crippen molar-refractivity contribution >= 4 is 27.5 Å². The Labute approximate surface area is 125 Å². The summed E-state index contributed by atoms with van der Waals surface area (Å²) < 4.78 is 6.38. The molecule has 2 rings (SSSR count). The lowest BCUT2D eigenvalue weighted by atomic mass is 10.1. The Kier molecular flexibility index (Phi) is 4.85. The summed E-state index contributed by atoms with van der Waals surface area (Å²) >= 11 is 3.42. The Balaban J connectivity index is 2.23. The molecule has 1 aromatic rings. The maximum atomic E-state index is 9.26. The van der Waals surface area contributed by atoms with E-state index in [-0.39, 0.29) is 24.7 Å². The fourth-order valence-corrected chi connectivity index (χ4v) is 2.89. The summed E-state index contributed by atoms with van der Waals surface area (Å²) in [5.74, 6) is 0.0620. The molecule has 1 heterocycles. The summed E-state index contributed by atoms with van der Waals surface area (Å²) in [4.78, 5) is 2.15. The minimum Gasteiger partial charge on any atom is -0.409 e. The first-order valence-electron chi connectivity index (χ1n) is 6.34. The zero-order chi connectivity index (χ0) is 14.7. The number of aliphatic hydroxyl groups excluding tert-OH is 1. The molecule has 1 aromatic carbocycles. The van der Waals surface area contributed by atoms with E-state index in [4.69, 9.17) is 15.7 Å². The van der Waals surface area contributed by atoms with E-state index in [0.717, 1.165) is 16.7 Å². The number of halogens is 1. The maximum Gasteiger partial charge on any atom is 0.171 e. The van der Waals surface area contributed by atoms with Gasteiger partial charge in [0.25, 0.3) is 0 Å². The van der Waals surface area contributed by atoms with Crippen LogP contribution in [0, 0.1) is 0 Å². The molecule has 0 saturated carbocycles. The summed E-state index contributed by atoms with van der Waals surface area (Å²) in [5.41, 5.74) is 7.23. The summed E-state index contributed by atoms with van der Waals surface area (Å²) in [7, 11) is 0. The number of nitrogens with zero attached hydrogens (tertiary/aromatic N) is 2. The fourth-order valence-electron chi connectivity index (χ4n) is 2.32. The first-order valence-corrected chi connectivity index (χ1v) is 7.13. The molecule has 6 nitrogen and oxygen atoms in total. The molecule has 2 atom stereocenters. The number of benzene rings is 1. The highest BCUT2D eigenvalue weighted by atomic mass is 79.9. The summed E-state index contributed by atoms with van der Waals surface area (Å²) in [6, 6.07) is 5.62. The van der Waals surface area contributed by atoms with Crippen molar-refractivity contribution in [3.05, 3.63) is 28.2 Å². The molecule has 20 heavy (non-hydrogen) atoms. The Hall–Kier alpha value is -1.31. The third-order valence-electron chi connectivity index (χ3n) is 3.23. The number of nitrogens with two attached hydrogens (primary N) is 1. The number of hydrogen-bond acceptors (Lipinski definition) is 5. The molecule has 0 amide bonds. The van der Waals surface area contributed by atoms with Gasteiger partial charge in [-0.3, -0.25) is 0 Å². The van der Waals surface area contributed by atoms with Crippen molar-refractivity contribution in [2.75, 3.05) is 24.6 Å². The average molecular weight is 344 g/mol. The number of morpholine rings is 1. The first-order chi connectivity index (χ1) is 9.55. The number of amidine groups is 1. The van der Waals surface area contributed by atoms with E-state index < -0.39 is 0 Å². The number of aliphatic hydroxyl groups is 1. The van der Waals surface area contributed by atoms with Crippen LogP contribution in [0.1, 0.15) is 12.5 Å². The van der Waals surface area contributed by atoms with Gasteiger partial charge in [0.15, 0.2) is 5.84 Å². The third-order valence-corrected chi connectivity index (χ3v) is 3.89. The molecular formula is C13H18BrN3O3. The number of rotatable bonds is 3. The standard InChI is InChI=1S/C13H18BrN3O3/c1-8-5-17(6-10(7-18)20-8)9-2-3-11(12(14)4-9)13(15)16-19/h2-4,8,10,18-19H,5-7H2,1H3,(H2,15,16). The van der Waals surface area contributed by atoms with Crippen molar-refractivity contribution in [3.8, 4) is 0 Å². The Morgan fingerprint density at radius 2 is 2.30 bits per heavy atom. The molecule has 0 aromatic heterocycles. The molecule has 0 bridgehead atoms. The van der Waals surface area contributed by atoms with Gasteiger partial charge in [-0.05, 0) is 41.1 Å². The molecule has 7 heteroatoms. The molecule has 1 aliphatic heterocycles. The van der Waals surface area contributed by atoms with Crippen molar-refractivity contribution in [1.29, 1.82) is 0 Å². The SMILES string of the molecule is CC1CN(c2ccc(/C(N)=N/O)c(Br)c2)CC(CO)O1. The van der Waals surface area contributed by atoms with Gasteiger partial charge in [-0.15, -0.1) is 0 Å². The first kappa shape index (κ1) is 15.1. The van der Waals surface area contributed by atoms with Crippen LogP contribution >= 0.6 is 15.9 Å². The maximum absolute atomic E-state index is 9.26. The van der Waals surface area contributed by atoms with E-state index in [0.29, 0.717) is 12.1 Å². The molecule has 0 radical (unpaired) electrons. The lowest BCUT2D eigenvalue weighted by molar-refractivity contribution is -0.0421. The molecule has 0 aliphatic carbocycles. The van der Waals surface area contributed by atoms with E-state index >= 15 is 0 Å². The van der Waals surface area contributed by atoms with E-state index in [1.165, 1.54) is 0 Å². The van der Waals surface area contributed by atoms with Crippen molar-refractivity contribution in [3.63, 3.8) is 0 Å². The molecule has 1 aliphatic rings. The van der Waals surface area contributed by atoms with Gasteiger partial charge in [-0.1, -0.05) is 5.16 Å². The summed E-state index contributed by atoms with van der Waals surface area (Å²) in [6.45, 7) is 3.38. The van der Waals surface area contributed by atoms with Crippen molar-refractivity contribution in [2.45, 2.75) is 19.1 Å². The van der Waals surface area contributed by atoms with E-state index in [2.05, 4.69) is 26.0 Å². The second kappa shape index (κ2) is 6.43. The topological polar surface area (TPSA) is 91.3 Å². The number of oxime groups is 1. The highest BCUT2D eigenvalue weighted by Crippen LogP contribution is 2.26. The summed E-state index contributed by atoms with van der Waals surface area (Å²) in [5, 5.41) is 21.0. The van der Waals surface area contributed by atoms with Crippen LogP contribution in [-0.2, 0) is 4.74 Å². The molecule has 4 N–H and O–H groups in total. The fraction of sp³-hybridized carbons (Fsp3) is 0.462. The average Bonchev–Trinajstić information content (AvgIpc) is 2.45. The van der Waals surface area contributed by atoms with Crippen LogP contribution in [-0.4, -0.2) is 48.1 Å². The monoisotopic (exact) mass is 343 g/mol. The second-order valence-electron chi connectivity index (χ2n) is 4.81. The van der Waals surface area contributed by atoms with Gasteiger partial charge in [0, 0.05) is 28.8 Å². The van der Waals surface area contributed by atoms with Crippen LogP contribution in [0.15, 0.2) is 27.8 Å². The highest BCUT2D eigenvalue weighted by Gasteiger charge is 2.25. The van der Waals surface area contributed by atoms with Crippen molar-refractivity contribution < 1.29 is 15.1 Å². The minimum atomic E-state index is -0.179. The van der Waals surface area contributed by atoms with E-state index in [1.807, 2.05) is 19.1 Å². The smallest absolute Gasteiger partial charge is 0.171 e. The van der Waals surface area contributed by atoms with Crippen LogP contribution in [0.5, 0.6) is 0 Å². The third kappa shape index (κ3) is 3.23.